The lowest BCUT2D eigenvalue weighted by Gasteiger charge is -2.08. The minimum atomic E-state index is -0.226. The standard InChI is InChI=1S/C15H16N2O3S/c1-9-6-13(10(2)20-9)15(18)17-11-4-3-5-12(7-11)19-8-14(16)21/h3-7H,8H2,1-2H3,(H2,16,21)(H,17,18). The van der Waals surface area contributed by atoms with E-state index in [1.165, 1.54) is 0 Å². The summed E-state index contributed by atoms with van der Waals surface area (Å²) >= 11 is 4.75. The Morgan fingerprint density at radius 3 is 2.76 bits per heavy atom. The molecule has 0 aliphatic heterocycles. The van der Waals surface area contributed by atoms with E-state index in [-0.39, 0.29) is 17.5 Å². The van der Waals surface area contributed by atoms with Crippen molar-refractivity contribution in [2.24, 2.45) is 5.73 Å². The van der Waals surface area contributed by atoms with Crippen LogP contribution in [0.1, 0.15) is 21.9 Å². The summed E-state index contributed by atoms with van der Waals surface area (Å²) in [6.07, 6.45) is 0. The van der Waals surface area contributed by atoms with Crippen LogP contribution in [0.15, 0.2) is 34.7 Å². The first-order chi connectivity index (χ1) is 9.95. The van der Waals surface area contributed by atoms with Crippen LogP contribution in [0.4, 0.5) is 5.69 Å². The molecule has 0 unspecified atom stereocenters. The summed E-state index contributed by atoms with van der Waals surface area (Å²) < 4.78 is 10.7. The van der Waals surface area contributed by atoms with Crippen molar-refractivity contribution in [2.45, 2.75) is 13.8 Å². The zero-order valence-corrected chi connectivity index (χ0v) is 12.6. The number of nitrogens with one attached hydrogen (secondary N) is 1. The highest BCUT2D eigenvalue weighted by Crippen LogP contribution is 2.20. The number of furan rings is 1. The number of nitrogens with two attached hydrogens (primary N) is 1. The van der Waals surface area contributed by atoms with Crippen molar-refractivity contribution in [3.8, 4) is 5.75 Å². The molecule has 0 spiro atoms. The molecule has 6 heteroatoms. The van der Waals surface area contributed by atoms with Crippen molar-refractivity contribution < 1.29 is 13.9 Å². The quantitative estimate of drug-likeness (QED) is 0.831. The minimum Gasteiger partial charge on any atom is -0.486 e. The largest absolute Gasteiger partial charge is 0.486 e. The van der Waals surface area contributed by atoms with Gasteiger partial charge in [-0.2, -0.15) is 0 Å². The topological polar surface area (TPSA) is 77.5 Å². The smallest absolute Gasteiger partial charge is 0.259 e. The van der Waals surface area contributed by atoms with Gasteiger partial charge >= 0.3 is 0 Å². The molecule has 5 nitrogen and oxygen atoms in total. The fourth-order valence-corrected chi connectivity index (χ4v) is 1.93. The average Bonchev–Trinajstić information content (AvgIpc) is 2.76. The van der Waals surface area contributed by atoms with Crippen molar-refractivity contribution >= 4 is 28.8 Å². The van der Waals surface area contributed by atoms with E-state index >= 15 is 0 Å². The Bertz CT molecular complexity index is 679. The van der Waals surface area contributed by atoms with Gasteiger partial charge in [-0.15, -0.1) is 0 Å². The van der Waals surface area contributed by atoms with E-state index in [1.54, 1.807) is 44.2 Å². The number of rotatable bonds is 5. The summed E-state index contributed by atoms with van der Waals surface area (Å²) in [7, 11) is 0. The molecule has 3 N–H and O–H groups in total. The van der Waals surface area contributed by atoms with E-state index in [4.69, 9.17) is 27.1 Å². The average molecular weight is 304 g/mol. The Balaban J connectivity index is 2.09. The second kappa shape index (κ2) is 6.41. The summed E-state index contributed by atoms with van der Waals surface area (Å²) in [4.78, 5) is 12.4. The number of amides is 1. The van der Waals surface area contributed by atoms with Crippen LogP contribution in [0.25, 0.3) is 0 Å². The van der Waals surface area contributed by atoms with E-state index in [9.17, 15) is 4.79 Å². The maximum atomic E-state index is 12.2. The molecule has 0 bridgehead atoms. The first kappa shape index (κ1) is 15.1. The molecule has 0 atom stereocenters. The third kappa shape index (κ3) is 4.06. The normalized spacial score (nSPS) is 10.2. The zero-order chi connectivity index (χ0) is 15.4. The Morgan fingerprint density at radius 2 is 2.14 bits per heavy atom. The number of carbonyl (C=O) groups is 1. The van der Waals surface area contributed by atoms with Gasteiger partial charge in [0.25, 0.3) is 5.91 Å². The second-order valence-corrected chi connectivity index (χ2v) is 5.09. The van der Waals surface area contributed by atoms with E-state index in [1.807, 2.05) is 0 Å². The lowest BCUT2D eigenvalue weighted by molar-refractivity contribution is 0.102. The van der Waals surface area contributed by atoms with Gasteiger partial charge in [0.2, 0.25) is 0 Å². The first-order valence-electron chi connectivity index (χ1n) is 6.35. The van der Waals surface area contributed by atoms with Gasteiger partial charge in [0, 0.05) is 11.8 Å². The molecule has 0 aliphatic rings. The van der Waals surface area contributed by atoms with Gasteiger partial charge in [-0.05, 0) is 32.0 Å². The highest BCUT2D eigenvalue weighted by Gasteiger charge is 2.13. The monoisotopic (exact) mass is 304 g/mol. The lowest BCUT2D eigenvalue weighted by atomic mass is 10.2. The van der Waals surface area contributed by atoms with E-state index in [0.29, 0.717) is 28.5 Å². The molecular formula is C15H16N2O3S. The number of ether oxygens (including phenoxy) is 1. The summed E-state index contributed by atoms with van der Waals surface area (Å²) in [5, 5.41) is 2.80. The highest BCUT2D eigenvalue weighted by molar-refractivity contribution is 7.80. The predicted octanol–water partition coefficient (Wildman–Crippen LogP) is 2.81. The third-order valence-electron chi connectivity index (χ3n) is 2.76. The predicted molar refractivity (Wildman–Crippen MR) is 84.9 cm³/mol. The molecule has 2 rings (SSSR count). The van der Waals surface area contributed by atoms with Crippen molar-refractivity contribution in [3.63, 3.8) is 0 Å². The van der Waals surface area contributed by atoms with Crippen LogP contribution in [0.2, 0.25) is 0 Å². The molecule has 110 valence electrons. The maximum Gasteiger partial charge on any atom is 0.259 e. The fraction of sp³-hybridized carbons (Fsp3) is 0.200. The van der Waals surface area contributed by atoms with Gasteiger partial charge in [-0.25, -0.2) is 0 Å². The fourth-order valence-electron chi connectivity index (χ4n) is 1.87. The lowest BCUT2D eigenvalue weighted by Crippen LogP contribution is -2.18. The molecule has 1 amide bonds. The Labute approximate surface area is 128 Å². The van der Waals surface area contributed by atoms with Gasteiger partial charge in [-0.3, -0.25) is 4.79 Å². The highest BCUT2D eigenvalue weighted by atomic mass is 32.1. The van der Waals surface area contributed by atoms with Crippen LogP contribution < -0.4 is 15.8 Å². The van der Waals surface area contributed by atoms with Crippen LogP contribution in [0.3, 0.4) is 0 Å². The molecule has 0 aliphatic carbocycles. The second-order valence-electron chi connectivity index (χ2n) is 4.56. The molecule has 2 aromatic rings. The summed E-state index contributed by atoms with van der Waals surface area (Å²) in [5.74, 6) is 1.65. The van der Waals surface area contributed by atoms with E-state index in [2.05, 4.69) is 5.32 Å². The Kier molecular flexibility index (Phi) is 4.59. The van der Waals surface area contributed by atoms with Crippen LogP contribution in [-0.2, 0) is 0 Å². The molecule has 1 aromatic carbocycles. The minimum absolute atomic E-state index is 0.159. The SMILES string of the molecule is Cc1cc(C(=O)Nc2cccc(OCC(N)=S)c2)c(C)o1. The van der Waals surface area contributed by atoms with Gasteiger partial charge in [0.1, 0.15) is 28.9 Å². The van der Waals surface area contributed by atoms with Gasteiger partial charge in [0.15, 0.2) is 0 Å². The number of thiocarbonyl (C=S) groups is 1. The number of hydrogen-bond acceptors (Lipinski definition) is 4. The van der Waals surface area contributed by atoms with Crippen molar-refractivity contribution in [1.82, 2.24) is 0 Å². The van der Waals surface area contributed by atoms with Gasteiger partial charge in [0.05, 0.1) is 5.56 Å². The van der Waals surface area contributed by atoms with Gasteiger partial charge in [-0.1, -0.05) is 18.3 Å². The summed E-state index contributed by atoms with van der Waals surface area (Å²) in [6, 6.07) is 8.73. The summed E-state index contributed by atoms with van der Waals surface area (Å²) in [6.45, 7) is 3.71. The molecule has 1 aromatic heterocycles. The third-order valence-corrected chi connectivity index (χ3v) is 2.88. The number of carbonyl (C=O) groups excluding carboxylic acids is 1. The molecular weight excluding hydrogens is 288 g/mol. The molecule has 0 fully saturated rings. The van der Waals surface area contributed by atoms with Crippen LogP contribution in [0.5, 0.6) is 5.75 Å². The van der Waals surface area contributed by atoms with Gasteiger partial charge < -0.3 is 20.2 Å². The van der Waals surface area contributed by atoms with Crippen LogP contribution >= 0.6 is 12.2 Å². The Hall–Kier alpha value is -2.34. The van der Waals surface area contributed by atoms with Crippen molar-refractivity contribution in [2.75, 3.05) is 11.9 Å². The summed E-state index contributed by atoms with van der Waals surface area (Å²) in [5.41, 5.74) is 6.52. The molecule has 21 heavy (non-hydrogen) atoms. The van der Waals surface area contributed by atoms with Crippen LogP contribution in [-0.4, -0.2) is 17.5 Å². The molecule has 1 heterocycles. The first-order valence-corrected chi connectivity index (χ1v) is 6.76. The Morgan fingerprint density at radius 1 is 1.38 bits per heavy atom. The van der Waals surface area contributed by atoms with Crippen molar-refractivity contribution in [1.29, 1.82) is 0 Å². The molecule has 0 saturated heterocycles. The van der Waals surface area contributed by atoms with E-state index in [0.717, 1.165) is 0 Å². The van der Waals surface area contributed by atoms with Crippen molar-refractivity contribution in [3.05, 3.63) is 47.4 Å². The number of benzene rings is 1. The molecule has 0 saturated carbocycles. The van der Waals surface area contributed by atoms with Crippen LogP contribution in [0, 0.1) is 13.8 Å². The zero-order valence-electron chi connectivity index (χ0n) is 11.8. The maximum absolute atomic E-state index is 12.2. The van der Waals surface area contributed by atoms with E-state index < -0.39 is 0 Å². The number of anilines is 1. The molecule has 0 radical (unpaired) electrons. The number of hydrogen-bond donors (Lipinski definition) is 2. The number of aryl methyl sites for hydroxylation is 2.